The van der Waals surface area contributed by atoms with Crippen LogP contribution in [0.1, 0.15) is 32.3 Å². The number of benzene rings is 1. The van der Waals surface area contributed by atoms with Gasteiger partial charge in [0.05, 0.1) is 17.3 Å². The lowest BCUT2D eigenvalue weighted by Gasteiger charge is -2.13. The summed E-state index contributed by atoms with van der Waals surface area (Å²) < 4.78 is 5.33. The van der Waals surface area contributed by atoms with Gasteiger partial charge in [-0.3, -0.25) is 4.79 Å². The largest absolute Gasteiger partial charge is 0.482 e. The number of amides is 1. The van der Waals surface area contributed by atoms with Crippen LogP contribution in [0.3, 0.4) is 0 Å². The van der Waals surface area contributed by atoms with Crippen molar-refractivity contribution in [2.75, 3.05) is 12.3 Å². The number of anilines is 1. The minimum atomic E-state index is -0.176. The molecule has 0 aliphatic rings. The Bertz CT molecular complexity index is 480. The van der Waals surface area contributed by atoms with Crippen LogP contribution in [0, 0.1) is 11.3 Å². The molecule has 0 aromatic heterocycles. The molecule has 0 heterocycles. The Morgan fingerprint density at radius 2 is 2.32 bits per heavy atom. The predicted octanol–water partition coefficient (Wildman–Crippen LogP) is 1.82. The predicted molar refractivity (Wildman–Crippen MR) is 73.6 cm³/mol. The first-order valence-electron chi connectivity index (χ1n) is 6.28. The minimum absolute atomic E-state index is 0.0792. The quantitative estimate of drug-likeness (QED) is 0.764. The van der Waals surface area contributed by atoms with E-state index in [9.17, 15) is 4.79 Å². The second-order valence-corrected chi connectivity index (χ2v) is 4.41. The molecule has 1 unspecified atom stereocenters. The van der Waals surface area contributed by atoms with E-state index >= 15 is 0 Å². The molecule has 19 heavy (non-hydrogen) atoms. The van der Waals surface area contributed by atoms with Crippen LogP contribution in [0.2, 0.25) is 0 Å². The third-order valence-corrected chi connectivity index (χ3v) is 2.63. The number of ether oxygens (including phenoxy) is 1. The first-order chi connectivity index (χ1) is 9.06. The van der Waals surface area contributed by atoms with Gasteiger partial charge in [0.25, 0.3) is 5.91 Å². The van der Waals surface area contributed by atoms with Crippen molar-refractivity contribution in [3.8, 4) is 11.8 Å². The summed E-state index contributed by atoms with van der Waals surface area (Å²) in [6.07, 6.45) is 1.95. The molecule has 1 amide bonds. The van der Waals surface area contributed by atoms with E-state index in [0.29, 0.717) is 17.0 Å². The maximum absolute atomic E-state index is 11.6. The zero-order chi connectivity index (χ0) is 14.3. The van der Waals surface area contributed by atoms with Gasteiger partial charge in [-0.15, -0.1) is 0 Å². The number of nitrogens with two attached hydrogens (primary N) is 1. The van der Waals surface area contributed by atoms with Crippen molar-refractivity contribution >= 4 is 11.6 Å². The summed E-state index contributed by atoms with van der Waals surface area (Å²) in [4.78, 5) is 11.6. The number of nitrogens with one attached hydrogen (secondary N) is 1. The van der Waals surface area contributed by atoms with E-state index in [2.05, 4.69) is 12.2 Å². The standard InChI is InChI=1S/C14H19N3O2/c1-3-4-10(2)17-14(18)9-19-13-6-5-11(8-15)7-12(13)16/h5-7,10H,3-4,9,16H2,1-2H3,(H,17,18). The molecule has 0 spiro atoms. The van der Waals surface area contributed by atoms with Crippen molar-refractivity contribution < 1.29 is 9.53 Å². The number of rotatable bonds is 6. The molecule has 5 heteroatoms. The average Bonchev–Trinajstić information content (AvgIpc) is 2.37. The van der Waals surface area contributed by atoms with Gasteiger partial charge in [-0.25, -0.2) is 0 Å². The van der Waals surface area contributed by atoms with Crippen LogP contribution in [0.15, 0.2) is 18.2 Å². The maximum atomic E-state index is 11.6. The Labute approximate surface area is 113 Å². The van der Waals surface area contributed by atoms with Gasteiger partial charge in [0, 0.05) is 6.04 Å². The van der Waals surface area contributed by atoms with Crippen LogP contribution < -0.4 is 15.8 Å². The lowest BCUT2D eigenvalue weighted by Crippen LogP contribution is -2.36. The van der Waals surface area contributed by atoms with Crippen LogP contribution in [-0.2, 0) is 4.79 Å². The Balaban J connectivity index is 2.49. The number of carbonyl (C=O) groups is 1. The average molecular weight is 261 g/mol. The minimum Gasteiger partial charge on any atom is -0.482 e. The van der Waals surface area contributed by atoms with Crippen molar-refractivity contribution in [2.45, 2.75) is 32.7 Å². The van der Waals surface area contributed by atoms with E-state index in [1.165, 1.54) is 6.07 Å². The first-order valence-corrected chi connectivity index (χ1v) is 6.28. The van der Waals surface area contributed by atoms with Crippen molar-refractivity contribution in [3.05, 3.63) is 23.8 Å². The highest BCUT2D eigenvalue weighted by Crippen LogP contribution is 2.21. The summed E-state index contributed by atoms with van der Waals surface area (Å²) in [5.74, 6) is 0.238. The number of hydrogen-bond donors (Lipinski definition) is 2. The van der Waals surface area contributed by atoms with Gasteiger partial charge in [-0.05, 0) is 31.5 Å². The summed E-state index contributed by atoms with van der Waals surface area (Å²) >= 11 is 0. The third kappa shape index (κ3) is 4.88. The molecule has 1 atom stereocenters. The Morgan fingerprint density at radius 1 is 1.58 bits per heavy atom. The molecule has 102 valence electrons. The van der Waals surface area contributed by atoms with Crippen LogP contribution in [-0.4, -0.2) is 18.6 Å². The molecular formula is C14H19N3O2. The van der Waals surface area contributed by atoms with Crippen LogP contribution in [0.4, 0.5) is 5.69 Å². The Hall–Kier alpha value is -2.22. The molecule has 1 rings (SSSR count). The van der Waals surface area contributed by atoms with Crippen LogP contribution >= 0.6 is 0 Å². The molecule has 0 fully saturated rings. The number of hydrogen-bond acceptors (Lipinski definition) is 4. The van der Waals surface area contributed by atoms with Crippen LogP contribution in [0.5, 0.6) is 5.75 Å². The van der Waals surface area contributed by atoms with E-state index in [0.717, 1.165) is 12.8 Å². The zero-order valence-corrected chi connectivity index (χ0v) is 11.3. The molecule has 3 N–H and O–H groups in total. The fourth-order valence-corrected chi connectivity index (χ4v) is 1.71. The summed E-state index contributed by atoms with van der Waals surface area (Å²) in [7, 11) is 0. The summed E-state index contributed by atoms with van der Waals surface area (Å²) in [5, 5.41) is 11.5. The van der Waals surface area contributed by atoms with Gasteiger partial charge in [-0.1, -0.05) is 13.3 Å². The van der Waals surface area contributed by atoms with E-state index < -0.39 is 0 Å². The molecule has 0 saturated carbocycles. The summed E-state index contributed by atoms with van der Waals surface area (Å²) in [6, 6.07) is 6.84. The molecule has 5 nitrogen and oxygen atoms in total. The fourth-order valence-electron chi connectivity index (χ4n) is 1.71. The highest BCUT2D eigenvalue weighted by molar-refractivity contribution is 5.78. The smallest absolute Gasteiger partial charge is 0.258 e. The number of nitrogens with zero attached hydrogens (tertiary/aromatic N) is 1. The monoisotopic (exact) mass is 261 g/mol. The van der Waals surface area contributed by atoms with Crippen molar-refractivity contribution in [1.82, 2.24) is 5.32 Å². The molecular weight excluding hydrogens is 242 g/mol. The summed E-state index contributed by atoms with van der Waals surface area (Å²) in [5.41, 5.74) is 6.54. The molecule has 0 aliphatic heterocycles. The second kappa shape index (κ2) is 7.27. The maximum Gasteiger partial charge on any atom is 0.258 e. The lowest BCUT2D eigenvalue weighted by atomic mass is 10.2. The molecule has 1 aromatic rings. The fraction of sp³-hybridized carbons (Fsp3) is 0.429. The molecule has 0 bridgehead atoms. The Kier molecular flexibility index (Phi) is 5.68. The van der Waals surface area contributed by atoms with E-state index in [4.69, 9.17) is 15.7 Å². The van der Waals surface area contributed by atoms with E-state index in [1.54, 1.807) is 12.1 Å². The van der Waals surface area contributed by atoms with Gasteiger partial charge in [0.2, 0.25) is 0 Å². The normalized spacial score (nSPS) is 11.4. The van der Waals surface area contributed by atoms with Gasteiger partial charge in [-0.2, -0.15) is 5.26 Å². The van der Waals surface area contributed by atoms with Crippen molar-refractivity contribution in [3.63, 3.8) is 0 Å². The van der Waals surface area contributed by atoms with E-state index in [1.807, 2.05) is 13.0 Å². The summed E-state index contributed by atoms with van der Waals surface area (Å²) in [6.45, 7) is 3.94. The second-order valence-electron chi connectivity index (χ2n) is 4.41. The van der Waals surface area contributed by atoms with Crippen LogP contribution in [0.25, 0.3) is 0 Å². The SMILES string of the molecule is CCCC(C)NC(=O)COc1ccc(C#N)cc1N. The van der Waals surface area contributed by atoms with Gasteiger partial charge in [0.15, 0.2) is 6.61 Å². The van der Waals surface area contributed by atoms with Crippen molar-refractivity contribution in [1.29, 1.82) is 5.26 Å². The number of nitriles is 1. The molecule has 0 radical (unpaired) electrons. The highest BCUT2D eigenvalue weighted by atomic mass is 16.5. The highest BCUT2D eigenvalue weighted by Gasteiger charge is 2.08. The van der Waals surface area contributed by atoms with E-state index in [-0.39, 0.29) is 18.6 Å². The molecule has 1 aromatic carbocycles. The third-order valence-electron chi connectivity index (χ3n) is 2.63. The van der Waals surface area contributed by atoms with Gasteiger partial charge < -0.3 is 15.8 Å². The topological polar surface area (TPSA) is 88.1 Å². The first kappa shape index (κ1) is 14.8. The number of nitrogen functional groups attached to an aromatic ring is 1. The van der Waals surface area contributed by atoms with Gasteiger partial charge in [0.1, 0.15) is 5.75 Å². The molecule has 0 saturated heterocycles. The molecule has 0 aliphatic carbocycles. The van der Waals surface area contributed by atoms with Gasteiger partial charge >= 0.3 is 0 Å². The number of carbonyl (C=O) groups excluding carboxylic acids is 1. The zero-order valence-electron chi connectivity index (χ0n) is 11.3. The lowest BCUT2D eigenvalue weighted by molar-refractivity contribution is -0.123. The van der Waals surface area contributed by atoms with Crippen molar-refractivity contribution in [2.24, 2.45) is 0 Å². The Morgan fingerprint density at radius 3 is 2.89 bits per heavy atom.